The molecule has 0 radical (unpaired) electrons. The third kappa shape index (κ3) is 67.4. The Morgan fingerprint density at radius 2 is 0.476 bits per heavy atom. The van der Waals surface area contributed by atoms with Crippen LogP contribution in [0.4, 0.5) is 0 Å². The van der Waals surface area contributed by atoms with E-state index in [9.17, 15) is 14.4 Å². The number of rotatable bonds is 65. The van der Waals surface area contributed by atoms with E-state index in [1.165, 1.54) is 212 Å². The average Bonchev–Trinajstić information content (AvgIpc) is 3.47. The Balaban J connectivity index is 4.41. The molecule has 0 aliphatic rings. The van der Waals surface area contributed by atoms with E-state index >= 15 is 0 Å². The first kappa shape index (κ1) is 78.6. The molecule has 0 rings (SSSR count). The minimum Gasteiger partial charge on any atom is -0.462 e. The third-order valence-corrected chi connectivity index (χ3v) is 15.6. The fourth-order valence-electron chi connectivity index (χ4n) is 10.3. The molecule has 0 aromatic carbocycles. The Hall–Kier alpha value is -3.41. The third-order valence-electron chi connectivity index (χ3n) is 15.6. The van der Waals surface area contributed by atoms with Gasteiger partial charge in [0.05, 0.1) is 0 Å². The van der Waals surface area contributed by atoms with Gasteiger partial charge in [0.15, 0.2) is 6.10 Å². The molecular formula is C76H134O6. The van der Waals surface area contributed by atoms with Crippen molar-refractivity contribution in [2.75, 3.05) is 13.2 Å². The van der Waals surface area contributed by atoms with Gasteiger partial charge in [0.1, 0.15) is 13.2 Å². The first-order chi connectivity index (χ1) is 40.5. The predicted molar refractivity (Wildman–Crippen MR) is 358 cm³/mol. The monoisotopic (exact) mass is 1140 g/mol. The summed E-state index contributed by atoms with van der Waals surface area (Å²) in [7, 11) is 0. The zero-order valence-corrected chi connectivity index (χ0v) is 54.5. The van der Waals surface area contributed by atoms with Crippen molar-refractivity contribution in [3.05, 3.63) is 85.1 Å². The van der Waals surface area contributed by atoms with Gasteiger partial charge in [-0.25, -0.2) is 0 Å². The molecule has 0 aromatic rings. The van der Waals surface area contributed by atoms with E-state index in [1.54, 1.807) is 0 Å². The van der Waals surface area contributed by atoms with Crippen LogP contribution in [0.2, 0.25) is 0 Å². The van der Waals surface area contributed by atoms with Crippen molar-refractivity contribution in [1.82, 2.24) is 0 Å². The molecule has 6 nitrogen and oxygen atoms in total. The standard InChI is InChI=1S/C76H134O6/c1-4-7-10-13-16-19-22-25-28-31-34-37-38-40-42-45-48-51-54-57-60-63-66-69-75(78)81-72-73(71-80-74(77)68-65-62-59-56-53-50-47-44-41-36-33-30-27-24-21-18-15-12-9-6-3)82-76(79)70-67-64-61-58-55-52-49-46-43-39-35-32-29-26-23-20-17-14-11-8-5-2/h7,10,16,19,25,28,32,34-35,37,40,42,48,51,73H,4-6,8-9,11-15,17-18,20-24,26-27,29-31,33,36,38-39,41,43-47,49-50,52-72H2,1-3H3/b10-7-,19-16-,28-25-,35-32-,37-34-,42-40-,51-48-. The zero-order valence-electron chi connectivity index (χ0n) is 54.5. The number of allylic oxidation sites excluding steroid dienone is 14. The highest BCUT2D eigenvalue weighted by Gasteiger charge is 2.19. The van der Waals surface area contributed by atoms with Crippen LogP contribution in [0.3, 0.4) is 0 Å². The number of hydrogen-bond acceptors (Lipinski definition) is 6. The molecule has 82 heavy (non-hydrogen) atoms. The van der Waals surface area contributed by atoms with Crippen LogP contribution in [0, 0.1) is 0 Å². The SMILES string of the molecule is CC/C=C\C/C=C\C/C=C\C/C=C\C/C=C\C/C=C\CCCCCCC(=O)OCC(COC(=O)CCCCCCCCCCCCCCCCCCCCCC)OC(=O)CCCCCCCCCCC/C=C\CCCCCCCCCC. The summed E-state index contributed by atoms with van der Waals surface area (Å²) in [4.78, 5) is 38.5. The Morgan fingerprint density at radius 1 is 0.256 bits per heavy atom. The second-order valence-electron chi connectivity index (χ2n) is 23.8. The lowest BCUT2D eigenvalue weighted by Crippen LogP contribution is -2.30. The number of hydrogen-bond donors (Lipinski definition) is 0. The van der Waals surface area contributed by atoms with Crippen LogP contribution in [0.15, 0.2) is 85.1 Å². The first-order valence-corrected chi connectivity index (χ1v) is 35.6. The van der Waals surface area contributed by atoms with Gasteiger partial charge < -0.3 is 14.2 Å². The van der Waals surface area contributed by atoms with E-state index < -0.39 is 6.10 Å². The molecule has 0 aliphatic heterocycles. The van der Waals surface area contributed by atoms with Crippen LogP contribution in [-0.4, -0.2) is 37.2 Å². The van der Waals surface area contributed by atoms with Gasteiger partial charge >= 0.3 is 17.9 Å². The summed E-state index contributed by atoms with van der Waals surface area (Å²) in [5, 5.41) is 0. The Morgan fingerprint density at radius 3 is 0.756 bits per heavy atom. The summed E-state index contributed by atoms with van der Waals surface area (Å²) in [5.74, 6) is -0.889. The maximum absolute atomic E-state index is 13.0. The lowest BCUT2D eigenvalue weighted by molar-refractivity contribution is -0.167. The molecule has 474 valence electrons. The second kappa shape index (κ2) is 70.1. The lowest BCUT2D eigenvalue weighted by Gasteiger charge is -2.18. The van der Waals surface area contributed by atoms with Crippen molar-refractivity contribution >= 4 is 17.9 Å². The molecule has 0 saturated heterocycles. The van der Waals surface area contributed by atoms with E-state index in [0.29, 0.717) is 19.3 Å². The average molecular weight is 1140 g/mol. The van der Waals surface area contributed by atoms with Gasteiger partial charge in [0, 0.05) is 19.3 Å². The van der Waals surface area contributed by atoms with Crippen molar-refractivity contribution in [2.24, 2.45) is 0 Å². The minimum absolute atomic E-state index is 0.0821. The van der Waals surface area contributed by atoms with E-state index in [1.807, 2.05) is 0 Å². The van der Waals surface area contributed by atoms with Crippen molar-refractivity contribution in [3.8, 4) is 0 Å². The van der Waals surface area contributed by atoms with Gasteiger partial charge in [-0.05, 0) is 96.3 Å². The molecule has 1 unspecified atom stereocenters. The summed E-state index contributed by atoms with van der Waals surface area (Å²) in [6, 6.07) is 0. The maximum atomic E-state index is 13.0. The molecule has 0 aliphatic carbocycles. The molecule has 0 spiro atoms. The molecule has 0 heterocycles. The number of ether oxygens (including phenoxy) is 3. The summed E-state index contributed by atoms with van der Waals surface area (Å²) in [5.41, 5.74) is 0. The highest BCUT2D eigenvalue weighted by atomic mass is 16.6. The molecule has 1 atom stereocenters. The highest BCUT2D eigenvalue weighted by Crippen LogP contribution is 2.18. The van der Waals surface area contributed by atoms with E-state index in [4.69, 9.17) is 14.2 Å². The predicted octanol–water partition coefficient (Wildman–Crippen LogP) is 24.6. The van der Waals surface area contributed by atoms with Crippen LogP contribution in [0.25, 0.3) is 0 Å². The first-order valence-electron chi connectivity index (χ1n) is 35.6. The number of carbonyl (C=O) groups excluding carboxylic acids is 3. The number of esters is 3. The largest absolute Gasteiger partial charge is 0.462 e. The van der Waals surface area contributed by atoms with E-state index in [-0.39, 0.29) is 31.1 Å². The van der Waals surface area contributed by atoms with Gasteiger partial charge in [-0.1, -0.05) is 331 Å². The topological polar surface area (TPSA) is 78.9 Å². The van der Waals surface area contributed by atoms with Crippen molar-refractivity contribution < 1.29 is 28.6 Å². The fraction of sp³-hybridized carbons (Fsp3) is 0.776. The van der Waals surface area contributed by atoms with E-state index in [0.717, 1.165) is 109 Å². The summed E-state index contributed by atoms with van der Waals surface area (Å²) >= 11 is 0. The summed E-state index contributed by atoms with van der Waals surface area (Å²) in [6.07, 6.45) is 93.2. The molecule has 0 fully saturated rings. The zero-order chi connectivity index (χ0) is 59.2. The quantitative estimate of drug-likeness (QED) is 0.0261. The maximum Gasteiger partial charge on any atom is 0.306 e. The van der Waals surface area contributed by atoms with Crippen molar-refractivity contribution in [2.45, 2.75) is 367 Å². The minimum atomic E-state index is -0.790. The molecule has 0 saturated carbocycles. The van der Waals surface area contributed by atoms with Gasteiger partial charge in [-0.2, -0.15) is 0 Å². The van der Waals surface area contributed by atoms with Crippen LogP contribution in [-0.2, 0) is 28.6 Å². The Kier molecular flexibility index (Phi) is 67.2. The Bertz CT molecular complexity index is 1550. The van der Waals surface area contributed by atoms with Crippen molar-refractivity contribution in [1.29, 1.82) is 0 Å². The normalized spacial score (nSPS) is 12.6. The second-order valence-corrected chi connectivity index (χ2v) is 23.8. The summed E-state index contributed by atoms with van der Waals surface area (Å²) in [6.45, 7) is 6.56. The van der Waals surface area contributed by atoms with Gasteiger partial charge in [-0.15, -0.1) is 0 Å². The van der Waals surface area contributed by atoms with E-state index in [2.05, 4.69) is 106 Å². The fourth-order valence-corrected chi connectivity index (χ4v) is 10.3. The van der Waals surface area contributed by atoms with Crippen LogP contribution in [0.5, 0.6) is 0 Å². The smallest absolute Gasteiger partial charge is 0.306 e. The highest BCUT2D eigenvalue weighted by molar-refractivity contribution is 5.71. The van der Waals surface area contributed by atoms with Crippen LogP contribution >= 0.6 is 0 Å². The molecule has 6 heteroatoms. The number of carbonyl (C=O) groups is 3. The molecule has 0 N–H and O–H groups in total. The molecule has 0 aromatic heterocycles. The summed E-state index contributed by atoms with van der Waals surface area (Å²) < 4.78 is 17.0. The van der Waals surface area contributed by atoms with Crippen LogP contribution in [0.1, 0.15) is 361 Å². The van der Waals surface area contributed by atoms with Gasteiger partial charge in [0.2, 0.25) is 0 Å². The number of unbranched alkanes of at least 4 members (excludes halogenated alkanes) is 40. The van der Waals surface area contributed by atoms with Crippen LogP contribution < -0.4 is 0 Å². The van der Waals surface area contributed by atoms with Gasteiger partial charge in [0.25, 0.3) is 0 Å². The van der Waals surface area contributed by atoms with Crippen molar-refractivity contribution in [3.63, 3.8) is 0 Å². The van der Waals surface area contributed by atoms with Gasteiger partial charge in [-0.3, -0.25) is 14.4 Å². The molecule has 0 amide bonds. The Labute approximate surface area is 509 Å². The molecule has 0 bridgehead atoms. The molecular weight excluding hydrogens is 1010 g/mol. The lowest BCUT2D eigenvalue weighted by atomic mass is 10.0.